The van der Waals surface area contributed by atoms with Crippen LogP contribution in [0.5, 0.6) is 5.88 Å². The van der Waals surface area contributed by atoms with Gasteiger partial charge in [-0.05, 0) is 34.5 Å². The molecule has 0 N–H and O–H groups in total. The van der Waals surface area contributed by atoms with Crippen molar-refractivity contribution in [3.63, 3.8) is 0 Å². The third-order valence-corrected chi connectivity index (χ3v) is 3.06. The third-order valence-electron chi connectivity index (χ3n) is 2.23. The molecule has 2 nitrogen and oxygen atoms in total. The molecule has 0 bridgehead atoms. The first-order valence-electron chi connectivity index (χ1n) is 5.05. The molecule has 0 spiro atoms. The molecule has 0 unspecified atom stereocenters. The van der Waals surface area contributed by atoms with Gasteiger partial charge in [0.25, 0.3) is 0 Å². The molecule has 0 aliphatic heterocycles. The summed E-state index contributed by atoms with van der Waals surface area (Å²) in [6.07, 6.45) is 0. The van der Waals surface area contributed by atoms with E-state index in [0.717, 1.165) is 15.7 Å². The van der Waals surface area contributed by atoms with Gasteiger partial charge in [0.2, 0.25) is 5.88 Å². The third kappa shape index (κ3) is 2.83. The van der Waals surface area contributed by atoms with Gasteiger partial charge in [0.15, 0.2) is 0 Å². The maximum atomic E-state index is 5.60. The van der Waals surface area contributed by atoms with Crippen molar-refractivity contribution in [1.82, 2.24) is 4.98 Å². The van der Waals surface area contributed by atoms with Crippen molar-refractivity contribution in [2.45, 2.75) is 13.5 Å². The Kier molecular flexibility index (Phi) is 3.57. The fourth-order valence-corrected chi connectivity index (χ4v) is 1.55. The molecule has 0 aliphatic carbocycles. The molecule has 1 aromatic heterocycles. The molecule has 82 valence electrons. The Balaban J connectivity index is 2.03. The normalized spacial score (nSPS) is 10.1. The first-order chi connectivity index (χ1) is 7.75. The summed E-state index contributed by atoms with van der Waals surface area (Å²) >= 11 is 3.41. The van der Waals surface area contributed by atoms with Crippen LogP contribution in [-0.2, 0) is 6.61 Å². The standard InChI is InChI=1S/C13H12BrNO/c1-10-12(14)7-8-13(15-10)16-9-11-5-3-2-4-6-11/h2-8H,9H2,1H3. The van der Waals surface area contributed by atoms with Crippen LogP contribution in [0.2, 0.25) is 0 Å². The fraction of sp³-hybridized carbons (Fsp3) is 0.154. The molecule has 0 saturated carbocycles. The van der Waals surface area contributed by atoms with Gasteiger partial charge in [-0.2, -0.15) is 0 Å². The van der Waals surface area contributed by atoms with E-state index in [2.05, 4.69) is 20.9 Å². The van der Waals surface area contributed by atoms with Crippen LogP contribution in [0.15, 0.2) is 46.9 Å². The topological polar surface area (TPSA) is 22.1 Å². The van der Waals surface area contributed by atoms with Crippen molar-refractivity contribution in [3.8, 4) is 5.88 Å². The Morgan fingerprint density at radius 3 is 2.56 bits per heavy atom. The number of pyridine rings is 1. The van der Waals surface area contributed by atoms with Crippen molar-refractivity contribution < 1.29 is 4.74 Å². The fourth-order valence-electron chi connectivity index (χ4n) is 1.33. The number of nitrogens with zero attached hydrogens (tertiary/aromatic N) is 1. The zero-order chi connectivity index (χ0) is 11.4. The molecule has 3 heteroatoms. The van der Waals surface area contributed by atoms with E-state index in [4.69, 9.17) is 4.74 Å². The summed E-state index contributed by atoms with van der Waals surface area (Å²) in [5, 5.41) is 0. The van der Waals surface area contributed by atoms with Gasteiger partial charge in [-0.25, -0.2) is 4.98 Å². The highest BCUT2D eigenvalue weighted by Gasteiger charge is 2.00. The van der Waals surface area contributed by atoms with Crippen LogP contribution in [0.4, 0.5) is 0 Å². The summed E-state index contributed by atoms with van der Waals surface area (Å²) in [6.45, 7) is 2.49. The van der Waals surface area contributed by atoms with Crippen molar-refractivity contribution in [2.24, 2.45) is 0 Å². The number of ether oxygens (including phenoxy) is 1. The van der Waals surface area contributed by atoms with Crippen molar-refractivity contribution >= 4 is 15.9 Å². The Labute approximate surface area is 103 Å². The largest absolute Gasteiger partial charge is 0.473 e. The number of halogens is 1. The Bertz CT molecular complexity index is 471. The Morgan fingerprint density at radius 2 is 1.88 bits per heavy atom. The van der Waals surface area contributed by atoms with Crippen molar-refractivity contribution in [1.29, 1.82) is 0 Å². The minimum absolute atomic E-state index is 0.551. The van der Waals surface area contributed by atoms with Gasteiger partial charge in [0, 0.05) is 10.5 Å². The summed E-state index contributed by atoms with van der Waals surface area (Å²) in [6, 6.07) is 13.9. The van der Waals surface area contributed by atoms with Crippen LogP contribution in [-0.4, -0.2) is 4.98 Å². The second kappa shape index (κ2) is 5.12. The number of aryl methyl sites for hydroxylation is 1. The molecule has 0 aliphatic rings. The summed E-state index contributed by atoms with van der Waals surface area (Å²) in [5.41, 5.74) is 2.08. The molecule has 0 fully saturated rings. The number of rotatable bonds is 3. The zero-order valence-corrected chi connectivity index (χ0v) is 10.6. The molecular formula is C13H12BrNO. The van der Waals surface area contributed by atoms with Gasteiger partial charge in [-0.3, -0.25) is 0 Å². The van der Waals surface area contributed by atoms with Crippen molar-refractivity contribution in [3.05, 3.63) is 58.2 Å². The first-order valence-corrected chi connectivity index (χ1v) is 5.85. The van der Waals surface area contributed by atoms with Crippen LogP contribution >= 0.6 is 15.9 Å². The molecule has 2 rings (SSSR count). The molecule has 0 radical (unpaired) electrons. The van der Waals surface area contributed by atoms with Gasteiger partial charge in [-0.1, -0.05) is 30.3 Å². The summed E-state index contributed by atoms with van der Waals surface area (Å²) in [5.74, 6) is 0.657. The van der Waals surface area contributed by atoms with E-state index in [9.17, 15) is 0 Å². The molecular weight excluding hydrogens is 266 g/mol. The Hall–Kier alpha value is -1.35. The highest BCUT2D eigenvalue weighted by atomic mass is 79.9. The lowest BCUT2D eigenvalue weighted by atomic mass is 10.2. The number of benzene rings is 1. The maximum absolute atomic E-state index is 5.60. The lowest BCUT2D eigenvalue weighted by molar-refractivity contribution is 0.293. The number of aromatic nitrogens is 1. The SMILES string of the molecule is Cc1nc(OCc2ccccc2)ccc1Br. The molecule has 0 amide bonds. The predicted molar refractivity (Wildman–Crippen MR) is 67.4 cm³/mol. The van der Waals surface area contributed by atoms with E-state index in [-0.39, 0.29) is 0 Å². The zero-order valence-electron chi connectivity index (χ0n) is 8.98. The lowest BCUT2D eigenvalue weighted by Crippen LogP contribution is -1.97. The van der Waals surface area contributed by atoms with Gasteiger partial charge < -0.3 is 4.74 Å². The van der Waals surface area contributed by atoms with E-state index in [0.29, 0.717) is 12.5 Å². The van der Waals surface area contributed by atoms with E-state index >= 15 is 0 Å². The second-order valence-electron chi connectivity index (χ2n) is 3.49. The summed E-state index contributed by atoms with van der Waals surface area (Å²) in [7, 11) is 0. The molecule has 2 aromatic rings. The maximum Gasteiger partial charge on any atom is 0.213 e. The average Bonchev–Trinajstić information content (AvgIpc) is 2.32. The second-order valence-corrected chi connectivity index (χ2v) is 4.35. The van der Waals surface area contributed by atoms with Gasteiger partial charge in [0.1, 0.15) is 6.61 Å². The highest BCUT2D eigenvalue weighted by molar-refractivity contribution is 9.10. The number of hydrogen-bond donors (Lipinski definition) is 0. The van der Waals surface area contributed by atoms with E-state index in [1.54, 1.807) is 0 Å². The van der Waals surface area contributed by atoms with E-state index in [1.165, 1.54) is 0 Å². The Morgan fingerprint density at radius 1 is 1.12 bits per heavy atom. The minimum Gasteiger partial charge on any atom is -0.473 e. The van der Waals surface area contributed by atoms with Gasteiger partial charge in [-0.15, -0.1) is 0 Å². The average molecular weight is 278 g/mol. The van der Waals surface area contributed by atoms with Crippen LogP contribution in [0.1, 0.15) is 11.3 Å². The van der Waals surface area contributed by atoms with Crippen LogP contribution in [0.3, 0.4) is 0 Å². The van der Waals surface area contributed by atoms with Crippen LogP contribution < -0.4 is 4.74 Å². The highest BCUT2D eigenvalue weighted by Crippen LogP contribution is 2.18. The molecule has 0 saturated heterocycles. The molecule has 0 atom stereocenters. The quantitative estimate of drug-likeness (QED) is 0.853. The van der Waals surface area contributed by atoms with Gasteiger partial charge in [0.05, 0.1) is 5.69 Å². The first kappa shape index (κ1) is 11.1. The molecule has 1 heterocycles. The molecule has 16 heavy (non-hydrogen) atoms. The summed E-state index contributed by atoms with van der Waals surface area (Å²) < 4.78 is 6.60. The van der Waals surface area contributed by atoms with Crippen molar-refractivity contribution in [2.75, 3.05) is 0 Å². The smallest absolute Gasteiger partial charge is 0.213 e. The van der Waals surface area contributed by atoms with Crippen LogP contribution in [0, 0.1) is 6.92 Å². The van der Waals surface area contributed by atoms with E-state index < -0.39 is 0 Å². The van der Waals surface area contributed by atoms with E-state index in [1.807, 2.05) is 49.4 Å². The lowest BCUT2D eigenvalue weighted by Gasteiger charge is -2.06. The van der Waals surface area contributed by atoms with Gasteiger partial charge >= 0.3 is 0 Å². The monoisotopic (exact) mass is 277 g/mol. The predicted octanol–water partition coefficient (Wildman–Crippen LogP) is 3.73. The molecule has 1 aromatic carbocycles. The van der Waals surface area contributed by atoms with Crippen LogP contribution in [0.25, 0.3) is 0 Å². The minimum atomic E-state index is 0.551. The number of hydrogen-bond acceptors (Lipinski definition) is 2. The summed E-state index contributed by atoms with van der Waals surface area (Å²) in [4.78, 5) is 4.32.